The van der Waals surface area contributed by atoms with Gasteiger partial charge in [-0.2, -0.15) is 0 Å². The van der Waals surface area contributed by atoms with E-state index in [4.69, 9.17) is 0 Å². The molecule has 0 aliphatic rings. The Labute approximate surface area is 302 Å². The molecule has 11 nitrogen and oxygen atoms in total. The second-order valence-corrected chi connectivity index (χ2v) is 13.4. The molecular formula is C37H53F4N5O6. The number of carbonyl (C=O) groups excluding carboxylic acids is 4. The molecule has 7 atom stereocenters. The summed E-state index contributed by atoms with van der Waals surface area (Å²) in [5.74, 6) is -5.17. The topological polar surface area (TPSA) is 170 Å². The van der Waals surface area contributed by atoms with Crippen LogP contribution in [0, 0.1) is 17.8 Å². The van der Waals surface area contributed by atoms with E-state index in [9.17, 15) is 47.0 Å². The first kappa shape index (κ1) is 44.1. The maximum absolute atomic E-state index is 13.6. The number of nitrogens with zero attached hydrogens (tertiary/aromatic N) is 1. The fraction of sp³-hybridized carbons (Fsp3) is 0.595. The third-order valence-corrected chi connectivity index (χ3v) is 8.94. The van der Waals surface area contributed by atoms with E-state index in [0.29, 0.717) is 12.0 Å². The van der Waals surface area contributed by atoms with E-state index in [1.807, 2.05) is 0 Å². The van der Waals surface area contributed by atoms with Crippen molar-refractivity contribution in [1.82, 2.24) is 26.3 Å². The Morgan fingerprint density at radius 3 is 1.92 bits per heavy atom. The molecule has 0 saturated heterocycles. The SMILES string of the molecule is CC[C@H](C)[C@H](O)C(=O)N[C@@H](CCC(F)F)C(=O)N[C@@H](Cc1ccccc1)[C@@H](O)C[C@@H](CCC(F)F)C(=O)N[C@H](C(=O)NCc1ccncc1)C(C)C. The summed E-state index contributed by atoms with van der Waals surface area (Å²) in [6, 6.07) is 8.32. The van der Waals surface area contributed by atoms with Gasteiger partial charge < -0.3 is 31.5 Å². The van der Waals surface area contributed by atoms with Gasteiger partial charge in [-0.25, -0.2) is 17.6 Å². The molecule has 290 valence electrons. The molecule has 0 fully saturated rings. The van der Waals surface area contributed by atoms with E-state index in [2.05, 4.69) is 26.3 Å². The third-order valence-electron chi connectivity index (χ3n) is 8.94. The van der Waals surface area contributed by atoms with Gasteiger partial charge in [0.05, 0.1) is 12.1 Å². The van der Waals surface area contributed by atoms with Crippen molar-refractivity contribution in [3.05, 3.63) is 66.0 Å². The normalized spacial score (nSPS) is 15.6. The quantitative estimate of drug-likeness (QED) is 0.0940. The molecule has 1 aromatic heterocycles. The number of aliphatic hydroxyl groups excluding tert-OH is 2. The van der Waals surface area contributed by atoms with Crippen molar-refractivity contribution in [3.63, 3.8) is 0 Å². The maximum atomic E-state index is 13.6. The zero-order chi connectivity index (χ0) is 38.8. The number of amides is 4. The van der Waals surface area contributed by atoms with Crippen molar-refractivity contribution in [3.8, 4) is 0 Å². The molecule has 0 bridgehead atoms. The third kappa shape index (κ3) is 15.6. The molecule has 4 amide bonds. The fourth-order valence-electron chi connectivity index (χ4n) is 5.48. The average Bonchev–Trinajstić information content (AvgIpc) is 3.12. The largest absolute Gasteiger partial charge is 0.391 e. The van der Waals surface area contributed by atoms with Crippen LogP contribution in [0.1, 0.15) is 77.3 Å². The van der Waals surface area contributed by atoms with Gasteiger partial charge in [0, 0.05) is 37.7 Å². The number of hydrogen-bond acceptors (Lipinski definition) is 7. The Balaban J connectivity index is 2.32. The van der Waals surface area contributed by atoms with Gasteiger partial charge in [-0.05, 0) is 60.8 Å². The predicted molar refractivity (Wildman–Crippen MR) is 187 cm³/mol. The molecule has 0 saturated carbocycles. The van der Waals surface area contributed by atoms with E-state index in [1.54, 1.807) is 82.6 Å². The van der Waals surface area contributed by atoms with Crippen LogP contribution in [0.2, 0.25) is 0 Å². The van der Waals surface area contributed by atoms with Gasteiger partial charge in [0.2, 0.25) is 36.5 Å². The molecule has 15 heteroatoms. The number of aromatic nitrogens is 1. The Kier molecular flexibility index (Phi) is 19.3. The van der Waals surface area contributed by atoms with Crippen LogP contribution in [0.15, 0.2) is 54.9 Å². The minimum absolute atomic E-state index is 0.00598. The number of alkyl halides is 4. The molecular weight excluding hydrogens is 686 g/mol. The van der Waals surface area contributed by atoms with Gasteiger partial charge in [0.15, 0.2) is 0 Å². The van der Waals surface area contributed by atoms with Gasteiger partial charge in [-0.3, -0.25) is 24.2 Å². The molecule has 6 N–H and O–H groups in total. The molecule has 0 spiro atoms. The summed E-state index contributed by atoms with van der Waals surface area (Å²) < 4.78 is 53.3. The molecule has 0 radical (unpaired) electrons. The first-order valence-corrected chi connectivity index (χ1v) is 17.7. The number of aliphatic hydroxyl groups is 2. The lowest BCUT2D eigenvalue weighted by Crippen LogP contribution is -2.55. The fourth-order valence-corrected chi connectivity index (χ4v) is 5.48. The monoisotopic (exact) mass is 739 g/mol. The number of rotatable bonds is 23. The van der Waals surface area contributed by atoms with E-state index < -0.39 is 110 Å². The van der Waals surface area contributed by atoms with E-state index in [0.717, 1.165) is 5.56 Å². The lowest BCUT2D eigenvalue weighted by molar-refractivity contribution is -0.136. The van der Waals surface area contributed by atoms with Crippen LogP contribution >= 0.6 is 0 Å². The standard InChI is InChI=1S/C37H53F4N5O6/c1-5-23(4)33(48)37(52)44-27(12-14-31(40)41)35(50)45-28(19-24-9-7-6-8-10-24)29(47)20-26(11-13-30(38)39)34(49)46-32(22(2)3)36(51)43-21-25-15-17-42-18-16-25/h6-10,15-18,22-23,26-33,47-48H,5,11-14,19-21H2,1-4H3,(H,43,51)(H,44,52)(H,45,50)(H,46,49)/t23-,26+,27-,28-,29-,32-,33-/m0/s1. The summed E-state index contributed by atoms with van der Waals surface area (Å²) in [5, 5.41) is 32.3. The van der Waals surface area contributed by atoms with Crippen LogP contribution in [0.5, 0.6) is 0 Å². The smallest absolute Gasteiger partial charge is 0.249 e. The maximum Gasteiger partial charge on any atom is 0.249 e. The van der Waals surface area contributed by atoms with Gasteiger partial charge in [0.1, 0.15) is 18.2 Å². The number of halogens is 4. The summed E-state index contributed by atoms with van der Waals surface area (Å²) in [6.45, 7) is 6.93. The number of hydrogen-bond donors (Lipinski definition) is 6. The highest BCUT2D eigenvalue weighted by molar-refractivity contribution is 5.90. The summed E-state index contributed by atoms with van der Waals surface area (Å²) >= 11 is 0. The van der Waals surface area contributed by atoms with E-state index in [-0.39, 0.29) is 19.4 Å². The molecule has 1 aromatic carbocycles. The van der Waals surface area contributed by atoms with Crippen LogP contribution in [-0.2, 0) is 32.1 Å². The Morgan fingerprint density at radius 2 is 1.35 bits per heavy atom. The van der Waals surface area contributed by atoms with Crippen molar-refractivity contribution >= 4 is 23.6 Å². The summed E-state index contributed by atoms with van der Waals surface area (Å²) in [5.41, 5.74) is 1.41. The highest BCUT2D eigenvalue weighted by Gasteiger charge is 2.34. The summed E-state index contributed by atoms with van der Waals surface area (Å²) in [6.07, 6.45) is -7.68. The van der Waals surface area contributed by atoms with Gasteiger partial charge in [-0.15, -0.1) is 0 Å². The van der Waals surface area contributed by atoms with Crippen molar-refractivity contribution in [2.24, 2.45) is 17.8 Å². The second kappa shape index (κ2) is 22.7. The predicted octanol–water partition coefficient (Wildman–Crippen LogP) is 3.92. The lowest BCUT2D eigenvalue weighted by atomic mass is 9.89. The van der Waals surface area contributed by atoms with Crippen molar-refractivity contribution in [2.45, 2.75) is 122 Å². The second-order valence-electron chi connectivity index (χ2n) is 13.4. The van der Waals surface area contributed by atoms with Crippen molar-refractivity contribution in [1.29, 1.82) is 0 Å². The Bertz CT molecular complexity index is 1370. The Hall–Kier alpha value is -4.11. The lowest BCUT2D eigenvalue weighted by Gasteiger charge is -2.30. The van der Waals surface area contributed by atoms with Gasteiger partial charge >= 0.3 is 0 Å². The van der Waals surface area contributed by atoms with Crippen LogP contribution in [-0.4, -0.2) is 82.0 Å². The van der Waals surface area contributed by atoms with E-state index >= 15 is 0 Å². The van der Waals surface area contributed by atoms with E-state index in [1.165, 1.54) is 0 Å². The highest BCUT2D eigenvalue weighted by Crippen LogP contribution is 2.22. The van der Waals surface area contributed by atoms with Crippen molar-refractivity contribution in [2.75, 3.05) is 0 Å². The van der Waals surface area contributed by atoms with Crippen LogP contribution in [0.25, 0.3) is 0 Å². The zero-order valence-electron chi connectivity index (χ0n) is 30.1. The molecule has 52 heavy (non-hydrogen) atoms. The number of carbonyl (C=O) groups is 4. The van der Waals surface area contributed by atoms with Gasteiger partial charge in [-0.1, -0.05) is 64.4 Å². The first-order valence-electron chi connectivity index (χ1n) is 17.7. The minimum atomic E-state index is -2.79. The minimum Gasteiger partial charge on any atom is -0.391 e. The number of benzene rings is 1. The molecule has 0 aliphatic carbocycles. The summed E-state index contributed by atoms with van der Waals surface area (Å²) in [4.78, 5) is 57.0. The van der Waals surface area contributed by atoms with Gasteiger partial charge in [0.25, 0.3) is 0 Å². The average molecular weight is 740 g/mol. The molecule has 2 rings (SSSR count). The molecule has 1 heterocycles. The first-order chi connectivity index (χ1) is 24.6. The molecule has 2 aromatic rings. The number of pyridine rings is 1. The number of nitrogens with one attached hydrogen (secondary N) is 4. The molecule has 0 aliphatic heterocycles. The van der Waals surface area contributed by atoms with Crippen LogP contribution in [0.4, 0.5) is 17.6 Å². The van der Waals surface area contributed by atoms with Crippen LogP contribution < -0.4 is 21.3 Å². The van der Waals surface area contributed by atoms with Crippen LogP contribution in [0.3, 0.4) is 0 Å². The highest BCUT2D eigenvalue weighted by atomic mass is 19.3. The van der Waals surface area contributed by atoms with Crippen molar-refractivity contribution < 1.29 is 47.0 Å². The Morgan fingerprint density at radius 1 is 0.731 bits per heavy atom. The summed E-state index contributed by atoms with van der Waals surface area (Å²) in [7, 11) is 0. The zero-order valence-corrected chi connectivity index (χ0v) is 30.1. The molecule has 0 unspecified atom stereocenters.